The van der Waals surface area contributed by atoms with Gasteiger partial charge in [-0.1, -0.05) is 24.3 Å². The van der Waals surface area contributed by atoms with E-state index in [4.69, 9.17) is 0 Å². The van der Waals surface area contributed by atoms with Crippen LogP contribution >= 0.6 is 0 Å². The first-order chi connectivity index (χ1) is 6.79. The van der Waals surface area contributed by atoms with E-state index < -0.39 is 12.6 Å². The zero-order valence-electron chi connectivity index (χ0n) is 8.11. The van der Waals surface area contributed by atoms with Crippen molar-refractivity contribution >= 4 is 23.1 Å². The molecule has 0 aliphatic carbocycles. The van der Waals surface area contributed by atoms with Crippen LogP contribution in [0, 0.1) is 0 Å². The van der Waals surface area contributed by atoms with Crippen molar-refractivity contribution in [3.63, 3.8) is 0 Å². The monoisotopic (exact) mass is 218 g/mol. The van der Waals surface area contributed by atoms with Gasteiger partial charge in [-0.05, 0) is 12.2 Å². The fourth-order valence-corrected chi connectivity index (χ4v) is 0.737. The van der Waals surface area contributed by atoms with E-state index in [1.165, 1.54) is 24.7 Å². The van der Waals surface area contributed by atoms with Crippen LogP contribution in [0.3, 0.4) is 0 Å². The molecule has 0 N–H and O–H groups in total. The minimum atomic E-state index is -0.981. The third-order valence-electron chi connectivity index (χ3n) is 1.34. The molecule has 0 bridgehead atoms. The van der Waals surface area contributed by atoms with Crippen LogP contribution in [0.5, 0.6) is 0 Å². The summed E-state index contributed by atoms with van der Waals surface area (Å²) in [6, 6.07) is 0. The SMILES string of the molecule is [Mg+2].[O-]C1C=CC=CO1.[O-]C1C=CC=CO1. The molecule has 2 unspecified atom stereocenters. The Morgan fingerprint density at radius 3 is 1.27 bits per heavy atom. The average molecular weight is 218 g/mol. The summed E-state index contributed by atoms with van der Waals surface area (Å²) < 4.78 is 8.91. The Hall–Kier alpha value is -0.754. The summed E-state index contributed by atoms with van der Waals surface area (Å²) in [7, 11) is 0. The van der Waals surface area contributed by atoms with E-state index in [1.54, 1.807) is 24.3 Å². The van der Waals surface area contributed by atoms with Crippen molar-refractivity contribution in [3.05, 3.63) is 49.0 Å². The van der Waals surface area contributed by atoms with E-state index in [0.29, 0.717) is 0 Å². The molecule has 2 rings (SSSR count). The molecule has 4 nitrogen and oxygen atoms in total. The van der Waals surface area contributed by atoms with Crippen LogP contribution in [-0.2, 0) is 9.47 Å². The predicted octanol–water partition coefficient (Wildman–Crippen LogP) is -0.835. The first-order valence-electron chi connectivity index (χ1n) is 4.08. The molecule has 0 saturated carbocycles. The maximum Gasteiger partial charge on any atom is 2.00 e. The molecule has 0 amide bonds. The first-order valence-corrected chi connectivity index (χ1v) is 4.08. The molecule has 0 radical (unpaired) electrons. The van der Waals surface area contributed by atoms with Gasteiger partial charge in [0.1, 0.15) is 0 Å². The Kier molecular flexibility index (Phi) is 8.12. The number of hydrogen-bond acceptors (Lipinski definition) is 4. The molecular weight excluding hydrogens is 208 g/mol. The molecule has 0 spiro atoms. The Balaban J connectivity index is 0.000000245. The average Bonchev–Trinajstić information content (AvgIpc) is 2.21. The van der Waals surface area contributed by atoms with Crippen LogP contribution in [0.25, 0.3) is 0 Å². The Morgan fingerprint density at radius 1 is 0.733 bits per heavy atom. The second kappa shape index (κ2) is 8.55. The van der Waals surface area contributed by atoms with Gasteiger partial charge in [0.15, 0.2) is 0 Å². The van der Waals surface area contributed by atoms with Crippen molar-refractivity contribution in [1.82, 2.24) is 0 Å². The van der Waals surface area contributed by atoms with Crippen LogP contribution in [0.2, 0.25) is 0 Å². The number of ether oxygens (including phenoxy) is 2. The quantitative estimate of drug-likeness (QED) is 0.498. The molecule has 0 aromatic rings. The van der Waals surface area contributed by atoms with E-state index in [2.05, 4.69) is 9.47 Å². The van der Waals surface area contributed by atoms with Crippen LogP contribution in [0.1, 0.15) is 0 Å². The number of rotatable bonds is 0. The fraction of sp³-hybridized carbons (Fsp3) is 0.200. The molecule has 0 saturated heterocycles. The third-order valence-corrected chi connectivity index (χ3v) is 1.34. The Morgan fingerprint density at radius 2 is 1.13 bits per heavy atom. The van der Waals surface area contributed by atoms with Gasteiger partial charge in [0, 0.05) is 12.6 Å². The Labute approximate surface area is 104 Å². The smallest absolute Gasteiger partial charge is 0.818 e. The standard InChI is InChI=1S/2C5H5O2.Mg/c2*6-5-3-1-2-4-7-5;/h2*1-5H;/q2*-1;+2. The van der Waals surface area contributed by atoms with Crippen molar-refractivity contribution in [2.24, 2.45) is 0 Å². The summed E-state index contributed by atoms with van der Waals surface area (Å²) in [5.41, 5.74) is 0. The van der Waals surface area contributed by atoms with Gasteiger partial charge < -0.3 is 19.7 Å². The van der Waals surface area contributed by atoms with Crippen LogP contribution in [0.4, 0.5) is 0 Å². The van der Waals surface area contributed by atoms with Gasteiger partial charge in [0.25, 0.3) is 0 Å². The van der Waals surface area contributed by atoms with Gasteiger partial charge >= 0.3 is 23.1 Å². The third kappa shape index (κ3) is 7.21. The van der Waals surface area contributed by atoms with Crippen molar-refractivity contribution in [2.45, 2.75) is 12.6 Å². The second-order valence-electron chi connectivity index (χ2n) is 2.44. The zero-order valence-corrected chi connectivity index (χ0v) is 9.53. The van der Waals surface area contributed by atoms with Gasteiger partial charge in [0.2, 0.25) is 0 Å². The summed E-state index contributed by atoms with van der Waals surface area (Å²) in [4.78, 5) is 0. The zero-order chi connectivity index (χ0) is 10.2. The summed E-state index contributed by atoms with van der Waals surface area (Å²) in [5.74, 6) is 0. The predicted molar refractivity (Wildman–Crippen MR) is 52.1 cm³/mol. The minimum Gasteiger partial charge on any atom is -0.818 e. The number of allylic oxidation sites excluding steroid dienone is 4. The van der Waals surface area contributed by atoms with Gasteiger partial charge in [-0.15, -0.1) is 0 Å². The van der Waals surface area contributed by atoms with Gasteiger partial charge in [-0.2, -0.15) is 0 Å². The molecule has 2 aliphatic heterocycles. The molecule has 5 heteroatoms. The molecule has 76 valence electrons. The van der Waals surface area contributed by atoms with E-state index >= 15 is 0 Å². The molecular formula is C10H10MgO4. The minimum absolute atomic E-state index is 0. The van der Waals surface area contributed by atoms with Gasteiger partial charge in [-0.3, -0.25) is 0 Å². The molecule has 0 fully saturated rings. The molecule has 2 atom stereocenters. The molecule has 2 aliphatic rings. The van der Waals surface area contributed by atoms with E-state index in [1.807, 2.05) is 0 Å². The van der Waals surface area contributed by atoms with Crippen molar-refractivity contribution < 1.29 is 19.7 Å². The number of hydrogen-bond donors (Lipinski definition) is 0. The van der Waals surface area contributed by atoms with E-state index in [-0.39, 0.29) is 23.1 Å². The summed E-state index contributed by atoms with van der Waals surface area (Å²) in [5, 5.41) is 20.4. The fourth-order valence-electron chi connectivity index (χ4n) is 0.737. The topological polar surface area (TPSA) is 64.6 Å². The summed E-state index contributed by atoms with van der Waals surface area (Å²) >= 11 is 0. The maximum atomic E-state index is 10.2. The van der Waals surface area contributed by atoms with Crippen molar-refractivity contribution in [3.8, 4) is 0 Å². The van der Waals surface area contributed by atoms with E-state index in [0.717, 1.165) is 0 Å². The normalized spacial score (nSPS) is 25.5. The van der Waals surface area contributed by atoms with Gasteiger partial charge in [0.05, 0.1) is 12.5 Å². The first kappa shape index (κ1) is 14.2. The van der Waals surface area contributed by atoms with Crippen LogP contribution in [0.15, 0.2) is 49.0 Å². The van der Waals surface area contributed by atoms with E-state index in [9.17, 15) is 10.2 Å². The summed E-state index contributed by atoms with van der Waals surface area (Å²) in [6.45, 7) is 0. The molecule has 0 aromatic carbocycles. The second-order valence-corrected chi connectivity index (χ2v) is 2.44. The van der Waals surface area contributed by atoms with Crippen molar-refractivity contribution in [1.29, 1.82) is 0 Å². The van der Waals surface area contributed by atoms with Crippen LogP contribution in [-0.4, -0.2) is 35.6 Å². The molecule has 0 aromatic heterocycles. The van der Waals surface area contributed by atoms with Crippen molar-refractivity contribution in [2.75, 3.05) is 0 Å². The molecule has 2 heterocycles. The van der Waals surface area contributed by atoms with Gasteiger partial charge in [-0.25, -0.2) is 0 Å². The maximum absolute atomic E-state index is 10.2. The largest absolute Gasteiger partial charge is 2.00 e. The van der Waals surface area contributed by atoms with Crippen LogP contribution < -0.4 is 10.2 Å². The molecule has 15 heavy (non-hydrogen) atoms. The Bertz CT molecular complexity index is 243. The summed E-state index contributed by atoms with van der Waals surface area (Å²) in [6.07, 6.45) is 10.4.